The molecule has 1 N–H and O–H groups in total. The van der Waals surface area contributed by atoms with Crippen molar-refractivity contribution >= 4 is 40.2 Å². The van der Waals surface area contributed by atoms with E-state index in [1.54, 1.807) is 27.9 Å². The van der Waals surface area contributed by atoms with Gasteiger partial charge in [0.05, 0.1) is 17.0 Å². The van der Waals surface area contributed by atoms with Crippen LogP contribution in [-0.2, 0) is 9.53 Å². The van der Waals surface area contributed by atoms with Crippen molar-refractivity contribution in [2.45, 2.75) is 13.8 Å². The van der Waals surface area contributed by atoms with Crippen LogP contribution in [0.25, 0.3) is 6.08 Å². The molecule has 0 saturated carbocycles. The highest BCUT2D eigenvalue weighted by molar-refractivity contribution is 7.18. The molecule has 2 rings (SSSR count). The Bertz CT molecular complexity index is 917. The van der Waals surface area contributed by atoms with E-state index in [0.717, 1.165) is 11.3 Å². The van der Waals surface area contributed by atoms with Crippen molar-refractivity contribution < 1.29 is 23.5 Å². The standard InChI is InChI=1S/C20H21FN2O4S/c1-5-27-20(26)16-12(2)17(19(25)23(3)4)28-18(16)22-15(24)11-8-13-6-9-14(21)10-7-13/h6-11H,5H2,1-4H3,(H,22,24)/b11-8+. The van der Waals surface area contributed by atoms with E-state index < -0.39 is 11.9 Å². The molecule has 0 unspecified atom stereocenters. The molecule has 6 nitrogen and oxygen atoms in total. The minimum atomic E-state index is -0.605. The second kappa shape index (κ2) is 9.27. The lowest BCUT2D eigenvalue weighted by atomic mass is 10.1. The summed E-state index contributed by atoms with van der Waals surface area (Å²) in [5.74, 6) is -1.73. The highest BCUT2D eigenvalue weighted by Gasteiger charge is 2.27. The van der Waals surface area contributed by atoms with E-state index in [-0.39, 0.29) is 28.9 Å². The molecule has 0 aliphatic heterocycles. The summed E-state index contributed by atoms with van der Waals surface area (Å²) in [5.41, 5.74) is 1.27. The van der Waals surface area contributed by atoms with Gasteiger partial charge in [0.2, 0.25) is 5.91 Å². The van der Waals surface area contributed by atoms with Crippen LogP contribution in [0.3, 0.4) is 0 Å². The van der Waals surface area contributed by atoms with E-state index in [9.17, 15) is 18.8 Å². The summed E-state index contributed by atoms with van der Waals surface area (Å²) in [4.78, 5) is 38.7. The zero-order valence-corrected chi connectivity index (χ0v) is 16.9. The lowest BCUT2D eigenvalue weighted by Crippen LogP contribution is -2.21. The Labute approximate surface area is 166 Å². The first-order valence-corrected chi connectivity index (χ1v) is 9.33. The number of ether oxygens (including phenoxy) is 1. The number of halogens is 1. The Morgan fingerprint density at radius 1 is 1.21 bits per heavy atom. The summed E-state index contributed by atoms with van der Waals surface area (Å²) in [5, 5.41) is 2.88. The number of nitrogens with one attached hydrogen (secondary N) is 1. The van der Waals surface area contributed by atoms with Gasteiger partial charge in [-0.15, -0.1) is 11.3 Å². The maximum absolute atomic E-state index is 12.9. The van der Waals surface area contributed by atoms with Gasteiger partial charge in [0.25, 0.3) is 5.91 Å². The second-order valence-corrected chi connectivity index (χ2v) is 7.08. The molecule has 0 spiro atoms. The number of carbonyl (C=O) groups excluding carboxylic acids is 3. The number of esters is 1. The van der Waals surface area contributed by atoms with Crippen molar-refractivity contribution in [1.82, 2.24) is 4.90 Å². The molecule has 1 heterocycles. The molecular weight excluding hydrogens is 383 g/mol. The quantitative estimate of drug-likeness (QED) is 0.588. The minimum absolute atomic E-state index is 0.167. The molecular formula is C20H21FN2O4S. The smallest absolute Gasteiger partial charge is 0.341 e. The SMILES string of the molecule is CCOC(=O)c1c(NC(=O)/C=C/c2ccc(F)cc2)sc(C(=O)N(C)C)c1C. The number of benzene rings is 1. The number of thiophene rings is 1. The zero-order valence-electron chi connectivity index (χ0n) is 16.0. The van der Waals surface area contributed by atoms with Crippen LogP contribution in [0.5, 0.6) is 0 Å². The van der Waals surface area contributed by atoms with Gasteiger partial charge in [-0.1, -0.05) is 12.1 Å². The number of hydrogen-bond acceptors (Lipinski definition) is 5. The van der Waals surface area contributed by atoms with E-state index in [2.05, 4.69) is 5.32 Å². The zero-order chi connectivity index (χ0) is 20.8. The van der Waals surface area contributed by atoms with Gasteiger partial charge >= 0.3 is 5.97 Å². The molecule has 0 aliphatic carbocycles. The molecule has 8 heteroatoms. The van der Waals surface area contributed by atoms with Crippen LogP contribution in [0.15, 0.2) is 30.3 Å². The molecule has 0 bridgehead atoms. The fraction of sp³-hybridized carbons (Fsp3) is 0.250. The second-order valence-electron chi connectivity index (χ2n) is 6.05. The van der Waals surface area contributed by atoms with Crippen molar-refractivity contribution in [3.05, 3.63) is 57.7 Å². The van der Waals surface area contributed by atoms with Crippen LogP contribution in [-0.4, -0.2) is 43.4 Å². The largest absolute Gasteiger partial charge is 0.462 e. The Kier molecular flexibility index (Phi) is 7.06. The van der Waals surface area contributed by atoms with Crippen molar-refractivity contribution in [3.8, 4) is 0 Å². The number of carbonyl (C=O) groups is 3. The molecule has 0 aliphatic rings. The molecule has 2 aromatic rings. The lowest BCUT2D eigenvalue weighted by molar-refractivity contribution is -0.111. The molecule has 148 valence electrons. The summed E-state index contributed by atoms with van der Waals surface area (Å²) >= 11 is 1.02. The third-order valence-electron chi connectivity index (χ3n) is 3.76. The average Bonchev–Trinajstić information content (AvgIpc) is 2.96. The van der Waals surface area contributed by atoms with Crippen LogP contribution in [0, 0.1) is 12.7 Å². The fourth-order valence-electron chi connectivity index (χ4n) is 2.36. The molecule has 0 atom stereocenters. The molecule has 1 aromatic carbocycles. The topological polar surface area (TPSA) is 75.7 Å². The molecule has 28 heavy (non-hydrogen) atoms. The Hall–Kier alpha value is -3.00. The predicted octanol–water partition coefficient (Wildman–Crippen LogP) is 3.73. The third kappa shape index (κ3) is 5.04. The first kappa shape index (κ1) is 21.3. The molecule has 0 saturated heterocycles. The van der Waals surface area contributed by atoms with Crippen molar-refractivity contribution in [2.75, 3.05) is 26.0 Å². The van der Waals surface area contributed by atoms with E-state index in [1.165, 1.54) is 41.3 Å². The van der Waals surface area contributed by atoms with Gasteiger partial charge in [0.15, 0.2) is 0 Å². The van der Waals surface area contributed by atoms with Crippen LogP contribution < -0.4 is 5.32 Å². The Morgan fingerprint density at radius 2 is 1.86 bits per heavy atom. The maximum atomic E-state index is 12.9. The Morgan fingerprint density at radius 3 is 2.43 bits per heavy atom. The maximum Gasteiger partial charge on any atom is 0.341 e. The first-order valence-electron chi connectivity index (χ1n) is 8.51. The Balaban J connectivity index is 2.30. The summed E-state index contributed by atoms with van der Waals surface area (Å²) in [6, 6.07) is 5.65. The van der Waals surface area contributed by atoms with Crippen molar-refractivity contribution in [3.63, 3.8) is 0 Å². The predicted molar refractivity (Wildman–Crippen MR) is 107 cm³/mol. The van der Waals surface area contributed by atoms with Gasteiger partial charge in [-0.05, 0) is 43.2 Å². The average molecular weight is 404 g/mol. The van der Waals surface area contributed by atoms with Crippen LogP contribution in [0.4, 0.5) is 9.39 Å². The number of nitrogens with zero attached hydrogens (tertiary/aromatic N) is 1. The highest BCUT2D eigenvalue weighted by Crippen LogP contribution is 2.34. The van der Waals surface area contributed by atoms with Gasteiger partial charge in [-0.25, -0.2) is 9.18 Å². The summed E-state index contributed by atoms with van der Waals surface area (Å²) in [6.07, 6.45) is 2.79. The number of anilines is 1. The van der Waals surface area contributed by atoms with Crippen LogP contribution in [0.1, 0.15) is 38.1 Å². The first-order chi connectivity index (χ1) is 13.2. The monoisotopic (exact) mass is 404 g/mol. The summed E-state index contributed by atoms with van der Waals surface area (Å²) in [6.45, 7) is 3.49. The number of amides is 2. The fourth-order valence-corrected chi connectivity index (χ4v) is 3.58. The van der Waals surface area contributed by atoms with Gasteiger partial charge in [0.1, 0.15) is 10.8 Å². The van der Waals surface area contributed by atoms with Gasteiger partial charge in [0, 0.05) is 20.2 Å². The van der Waals surface area contributed by atoms with E-state index >= 15 is 0 Å². The molecule has 2 amide bonds. The van der Waals surface area contributed by atoms with E-state index in [1.807, 2.05) is 0 Å². The molecule has 1 aromatic heterocycles. The van der Waals surface area contributed by atoms with Gasteiger partial charge in [-0.3, -0.25) is 9.59 Å². The van der Waals surface area contributed by atoms with Gasteiger partial charge < -0.3 is 15.0 Å². The van der Waals surface area contributed by atoms with Crippen molar-refractivity contribution in [2.24, 2.45) is 0 Å². The lowest BCUT2D eigenvalue weighted by Gasteiger charge is -2.09. The van der Waals surface area contributed by atoms with Gasteiger partial charge in [-0.2, -0.15) is 0 Å². The molecule has 0 fully saturated rings. The van der Waals surface area contributed by atoms with Crippen molar-refractivity contribution in [1.29, 1.82) is 0 Å². The summed E-state index contributed by atoms with van der Waals surface area (Å²) in [7, 11) is 3.21. The number of rotatable bonds is 6. The van der Waals surface area contributed by atoms with Crippen LogP contribution >= 0.6 is 11.3 Å². The van der Waals surface area contributed by atoms with E-state index in [0.29, 0.717) is 16.0 Å². The number of hydrogen-bond donors (Lipinski definition) is 1. The van der Waals surface area contributed by atoms with Crippen LogP contribution in [0.2, 0.25) is 0 Å². The molecule has 0 radical (unpaired) electrons. The highest BCUT2D eigenvalue weighted by atomic mass is 32.1. The van der Waals surface area contributed by atoms with E-state index in [4.69, 9.17) is 4.74 Å². The normalized spacial score (nSPS) is 10.8. The third-order valence-corrected chi connectivity index (χ3v) is 4.96. The minimum Gasteiger partial charge on any atom is -0.462 e. The summed E-state index contributed by atoms with van der Waals surface area (Å²) < 4.78 is 18.0.